The maximum Gasteiger partial charge on any atom is 0.211 e. The Labute approximate surface area is 122 Å². The highest BCUT2D eigenvalue weighted by atomic mass is 16.5. The molecule has 1 aromatic carbocycles. The number of rotatable bonds is 3. The quantitative estimate of drug-likeness (QED) is 0.799. The molecule has 108 valence electrons. The van der Waals surface area contributed by atoms with Gasteiger partial charge in [0.15, 0.2) is 6.61 Å². The molecule has 2 aromatic heterocycles. The molecule has 0 fully saturated rings. The fourth-order valence-corrected chi connectivity index (χ4v) is 2.00. The number of hydrogen-bond acceptors (Lipinski definition) is 5. The molecule has 1 N–H and O–H groups in total. The first-order valence-electron chi connectivity index (χ1n) is 6.79. The average Bonchev–Trinajstić information content (AvgIpc) is 2.96. The minimum Gasteiger partial charge on any atom is -0.485 e. The number of benzene rings is 1. The van der Waals surface area contributed by atoms with Crippen LogP contribution < -0.4 is 4.74 Å². The molecule has 6 nitrogen and oxygen atoms in total. The third-order valence-corrected chi connectivity index (χ3v) is 3.19. The number of H-pyrrole nitrogens is 1. The summed E-state index contributed by atoms with van der Waals surface area (Å²) in [5.41, 5.74) is 2.09. The van der Waals surface area contributed by atoms with Crippen molar-refractivity contribution >= 4 is 10.9 Å². The molecule has 0 amide bonds. The van der Waals surface area contributed by atoms with Gasteiger partial charge in [-0.1, -0.05) is 32.1 Å². The van der Waals surface area contributed by atoms with Crippen LogP contribution in [-0.4, -0.2) is 25.6 Å². The van der Waals surface area contributed by atoms with Crippen molar-refractivity contribution in [3.05, 3.63) is 41.9 Å². The van der Waals surface area contributed by atoms with Gasteiger partial charge in [-0.3, -0.25) is 4.98 Å². The van der Waals surface area contributed by atoms with E-state index < -0.39 is 0 Å². The van der Waals surface area contributed by atoms with Crippen molar-refractivity contribution in [2.75, 3.05) is 0 Å². The summed E-state index contributed by atoms with van der Waals surface area (Å²) in [6.07, 6.45) is 0. The molecule has 6 heteroatoms. The number of hydrogen-bond donors (Lipinski definition) is 1. The van der Waals surface area contributed by atoms with Crippen LogP contribution in [0.2, 0.25) is 0 Å². The number of aromatic amines is 1. The smallest absolute Gasteiger partial charge is 0.211 e. The van der Waals surface area contributed by atoms with Crippen molar-refractivity contribution in [3.8, 4) is 5.75 Å². The monoisotopic (exact) mass is 283 g/mol. The fraction of sp³-hybridized carbons (Fsp3) is 0.333. The zero-order valence-corrected chi connectivity index (χ0v) is 12.3. The maximum absolute atomic E-state index is 5.64. The average molecular weight is 283 g/mol. The zero-order valence-electron chi connectivity index (χ0n) is 12.3. The Morgan fingerprint density at radius 1 is 1.14 bits per heavy atom. The zero-order chi connectivity index (χ0) is 14.9. The summed E-state index contributed by atoms with van der Waals surface area (Å²) < 4.78 is 5.64. The Bertz CT molecular complexity index is 746. The molecule has 3 rings (SSSR count). The van der Waals surface area contributed by atoms with E-state index in [0.717, 1.165) is 22.3 Å². The van der Waals surface area contributed by atoms with Crippen LogP contribution in [0.15, 0.2) is 30.3 Å². The molecule has 3 aromatic rings. The highest BCUT2D eigenvalue weighted by Crippen LogP contribution is 2.25. The largest absolute Gasteiger partial charge is 0.485 e. The van der Waals surface area contributed by atoms with Gasteiger partial charge in [-0.05, 0) is 24.3 Å². The highest BCUT2D eigenvalue weighted by Gasteiger charge is 2.15. The van der Waals surface area contributed by atoms with Crippen molar-refractivity contribution in [3.63, 3.8) is 0 Å². The molecule has 0 saturated heterocycles. The molecule has 2 heterocycles. The first-order chi connectivity index (χ1) is 10.0. The van der Waals surface area contributed by atoms with Gasteiger partial charge in [0.2, 0.25) is 5.82 Å². The minimum absolute atomic E-state index is 0.0436. The second-order valence-electron chi connectivity index (χ2n) is 5.92. The molecule has 0 radical (unpaired) electrons. The lowest BCUT2D eigenvalue weighted by molar-refractivity contribution is 0.296. The first-order valence-corrected chi connectivity index (χ1v) is 6.79. The maximum atomic E-state index is 5.64. The van der Waals surface area contributed by atoms with Gasteiger partial charge in [0.05, 0.1) is 5.52 Å². The molecular weight excluding hydrogens is 266 g/mol. The van der Waals surface area contributed by atoms with Crippen molar-refractivity contribution in [1.82, 2.24) is 25.6 Å². The normalized spacial score (nSPS) is 11.8. The topological polar surface area (TPSA) is 76.6 Å². The van der Waals surface area contributed by atoms with Gasteiger partial charge in [-0.2, -0.15) is 5.21 Å². The number of fused-ring (bicyclic) bond motifs is 1. The lowest BCUT2D eigenvalue weighted by atomic mass is 9.91. The van der Waals surface area contributed by atoms with Gasteiger partial charge in [0, 0.05) is 16.5 Å². The van der Waals surface area contributed by atoms with E-state index in [1.54, 1.807) is 0 Å². The van der Waals surface area contributed by atoms with Crippen LogP contribution in [0.3, 0.4) is 0 Å². The summed E-state index contributed by atoms with van der Waals surface area (Å²) in [6.45, 7) is 6.76. The Hall–Kier alpha value is -2.50. The van der Waals surface area contributed by atoms with E-state index in [1.807, 2.05) is 18.2 Å². The van der Waals surface area contributed by atoms with Crippen LogP contribution in [0, 0.1) is 0 Å². The molecule has 0 aliphatic heterocycles. The van der Waals surface area contributed by atoms with E-state index >= 15 is 0 Å². The molecule has 0 saturated carbocycles. The van der Waals surface area contributed by atoms with Crippen LogP contribution in [0.1, 0.15) is 32.3 Å². The predicted octanol–water partition coefficient (Wildman–Crippen LogP) is 2.62. The van der Waals surface area contributed by atoms with Crippen LogP contribution >= 0.6 is 0 Å². The Morgan fingerprint density at radius 3 is 2.71 bits per heavy atom. The van der Waals surface area contributed by atoms with E-state index in [0.29, 0.717) is 5.82 Å². The van der Waals surface area contributed by atoms with Crippen LogP contribution in [0.25, 0.3) is 10.9 Å². The van der Waals surface area contributed by atoms with Crippen LogP contribution in [-0.2, 0) is 12.0 Å². The van der Waals surface area contributed by atoms with Crippen molar-refractivity contribution in [1.29, 1.82) is 0 Å². The standard InChI is InChI=1S/C15H17N5O/c1-15(2,3)13-7-4-10-8-11(5-6-12(10)16-13)21-9-14-17-19-20-18-14/h4-8H,9H2,1-3H3,(H,17,18,19,20). The van der Waals surface area contributed by atoms with E-state index in [2.05, 4.69) is 53.5 Å². The van der Waals surface area contributed by atoms with Crippen LogP contribution in [0.5, 0.6) is 5.75 Å². The van der Waals surface area contributed by atoms with Gasteiger partial charge < -0.3 is 4.74 Å². The van der Waals surface area contributed by atoms with E-state index in [4.69, 9.17) is 9.72 Å². The van der Waals surface area contributed by atoms with Gasteiger partial charge in [-0.15, -0.1) is 10.2 Å². The summed E-state index contributed by atoms with van der Waals surface area (Å²) in [6, 6.07) is 9.97. The second-order valence-corrected chi connectivity index (χ2v) is 5.92. The summed E-state index contributed by atoms with van der Waals surface area (Å²) in [5.74, 6) is 1.29. The number of aromatic nitrogens is 5. The predicted molar refractivity (Wildman–Crippen MR) is 79.0 cm³/mol. The van der Waals surface area contributed by atoms with Gasteiger partial charge in [0.1, 0.15) is 5.75 Å². The summed E-state index contributed by atoms with van der Waals surface area (Å²) in [4.78, 5) is 4.70. The number of nitrogens with one attached hydrogen (secondary N) is 1. The highest BCUT2D eigenvalue weighted by molar-refractivity contribution is 5.80. The summed E-state index contributed by atoms with van der Waals surface area (Å²) >= 11 is 0. The molecule has 0 unspecified atom stereocenters. The van der Waals surface area contributed by atoms with Crippen molar-refractivity contribution in [2.45, 2.75) is 32.8 Å². The molecule has 0 aliphatic carbocycles. The summed E-state index contributed by atoms with van der Waals surface area (Å²) in [5, 5.41) is 14.6. The van der Waals surface area contributed by atoms with Crippen molar-refractivity contribution < 1.29 is 4.74 Å². The van der Waals surface area contributed by atoms with Crippen LogP contribution in [0.4, 0.5) is 0 Å². The number of tetrazole rings is 1. The lowest BCUT2D eigenvalue weighted by Gasteiger charge is -2.18. The number of nitrogens with zero attached hydrogens (tertiary/aromatic N) is 4. The first kappa shape index (κ1) is 13.5. The van der Waals surface area contributed by atoms with E-state index in [-0.39, 0.29) is 12.0 Å². The summed E-state index contributed by atoms with van der Waals surface area (Å²) in [7, 11) is 0. The molecule has 0 aliphatic rings. The van der Waals surface area contributed by atoms with Gasteiger partial charge >= 0.3 is 0 Å². The molecule has 0 atom stereocenters. The Morgan fingerprint density at radius 2 is 2.00 bits per heavy atom. The molecular formula is C15H17N5O. The number of pyridine rings is 1. The third-order valence-electron chi connectivity index (χ3n) is 3.19. The third kappa shape index (κ3) is 2.99. The van der Waals surface area contributed by atoms with Gasteiger partial charge in [0.25, 0.3) is 0 Å². The van der Waals surface area contributed by atoms with Gasteiger partial charge in [-0.25, -0.2) is 0 Å². The second kappa shape index (κ2) is 5.12. The Kier molecular flexibility index (Phi) is 3.29. The van der Waals surface area contributed by atoms with Crippen molar-refractivity contribution in [2.24, 2.45) is 0 Å². The molecule has 0 bridgehead atoms. The fourth-order valence-electron chi connectivity index (χ4n) is 2.00. The molecule has 0 spiro atoms. The van der Waals surface area contributed by atoms with E-state index in [1.165, 1.54) is 0 Å². The number of ether oxygens (including phenoxy) is 1. The van der Waals surface area contributed by atoms with E-state index in [9.17, 15) is 0 Å². The SMILES string of the molecule is CC(C)(C)c1ccc2cc(OCc3nn[nH]n3)ccc2n1. The minimum atomic E-state index is 0.0436. The Balaban J connectivity index is 1.83. The lowest BCUT2D eigenvalue weighted by Crippen LogP contribution is -2.13. The molecule has 21 heavy (non-hydrogen) atoms.